The summed E-state index contributed by atoms with van der Waals surface area (Å²) in [4.78, 5) is 26.1. The highest BCUT2D eigenvalue weighted by Gasteiger charge is 2.15. The van der Waals surface area contributed by atoms with Crippen molar-refractivity contribution in [2.75, 3.05) is 55.5 Å². The first-order valence-electron chi connectivity index (χ1n) is 8.34. The van der Waals surface area contributed by atoms with Crippen molar-refractivity contribution < 1.29 is 14.3 Å². The second kappa shape index (κ2) is 12.1. The number of anilines is 2. The van der Waals surface area contributed by atoms with E-state index in [-0.39, 0.29) is 24.2 Å². The predicted molar refractivity (Wildman–Crippen MR) is 109 cm³/mol. The largest absolute Gasteiger partial charge is 0.379 e. The van der Waals surface area contributed by atoms with E-state index in [1.165, 1.54) is 0 Å². The predicted octanol–water partition coefficient (Wildman–Crippen LogP) is 1.40. The summed E-state index contributed by atoms with van der Waals surface area (Å²) in [7, 11) is 0. The van der Waals surface area contributed by atoms with Crippen LogP contribution in [0.15, 0.2) is 24.3 Å². The van der Waals surface area contributed by atoms with Gasteiger partial charge in [0.1, 0.15) is 0 Å². The number of rotatable bonds is 8. The number of halogens is 1. The molecule has 1 atom stereocenters. The van der Waals surface area contributed by atoms with E-state index in [9.17, 15) is 9.59 Å². The first kappa shape index (κ1) is 22.7. The van der Waals surface area contributed by atoms with E-state index in [0.29, 0.717) is 37.6 Å². The maximum Gasteiger partial charge on any atom is 0.241 e. The number of hydrogen-bond donors (Lipinski definition) is 3. The van der Waals surface area contributed by atoms with E-state index >= 15 is 0 Å². The Balaban J connectivity index is 0.00000338. The number of ether oxygens (including phenoxy) is 1. The lowest BCUT2D eigenvalue weighted by Gasteiger charge is -2.25. The summed E-state index contributed by atoms with van der Waals surface area (Å²) in [6.45, 7) is 3.23. The van der Waals surface area contributed by atoms with Gasteiger partial charge in [-0.1, -0.05) is 0 Å². The highest BCUT2D eigenvalue weighted by molar-refractivity contribution is 7.98. The van der Waals surface area contributed by atoms with Crippen molar-refractivity contribution in [1.82, 2.24) is 4.90 Å². The van der Waals surface area contributed by atoms with Crippen molar-refractivity contribution in [2.45, 2.75) is 12.5 Å². The number of benzene rings is 1. The topological polar surface area (TPSA) is 96.7 Å². The molecule has 0 aliphatic carbocycles. The van der Waals surface area contributed by atoms with Crippen molar-refractivity contribution in [3.63, 3.8) is 0 Å². The van der Waals surface area contributed by atoms with Crippen LogP contribution >= 0.6 is 24.2 Å². The fraction of sp³-hybridized carbons (Fsp3) is 0.529. The molecule has 2 rings (SSSR count). The van der Waals surface area contributed by atoms with Gasteiger partial charge >= 0.3 is 0 Å². The van der Waals surface area contributed by atoms with E-state index in [1.54, 1.807) is 36.0 Å². The van der Waals surface area contributed by atoms with E-state index < -0.39 is 6.04 Å². The van der Waals surface area contributed by atoms with Crippen molar-refractivity contribution in [3.8, 4) is 0 Å². The molecule has 1 aromatic carbocycles. The Bertz CT molecular complexity index is 568. The van der Waals surface area contributed by atoms with Crippen molar-refractivity contribution in [2.24, 2.45) is 5.73 Å². The smallest absolute Gasteiger partial charge is 0.241 e. The number of carbonyl (C=O) groups is 2. The van der Waals surface area contributed by atoms with Gasteiger partial charge in [0.25, 0.3) is 0 Å². The standard InChI is InChI=1S/C17H26N4O3S.ClH/c1-25-11-6-15(18)17(23)20-14-4-2-13(3-5-14)19-16(22)12-21-7-9-24-10-8-21;/h2-5,15H,6-12,18H2,1H3,(H,19,22)(H,20,23);1H. The first-order chi connectivity index (χ1) is 12.1. The van der Waals surface area contributed by atoms with Crippen LogP contribution in [0.4, 0.5) is 11.4 Å². The van der Waals surface area contributed by atoms with E-state index in [2.05, 4.69) is 15.5 Å². The van der Waals surface area contributed by atoms with Crippen LogP contribution in [0, 0.1) is 0 Å². The minimum absolute atomic E-state index is 0. The number of nitrogens with two attached hydrogens (primary N) is 1. The fourth-order valence-electron chi connectivity index (χ4n) is 2.41. The van der Waals surface area contributed by atoms with Crippen molar-refractivity contribution in [3.05, 3.63) is 24.3 Å². The molecule has 0 aromatic heterocycles. The number of amides is 2. The van der Waals surface area contributed by atoms with E-state index in [0.717, 1.165) is 18.8 Å². The van der Waals surface area contributed by atoms with Gasteiger partial charge in [0.2, 0.25) is 11.8 Å². The summed E-state index contributed by atoms with van der Waals surface area (Å²) in [5.41, 5.74) is 7.20. The van der Waals surface area contributed by atoms with Gasteiger partial charge in [-0.05, 0) is 42.7 Å². The summed E-state index contributed by atoms with van der Waals surface area (Å²) < 4.78 is 5.26. The highest BCUT2D eigenvalue weighted by atomic mass is 35.5. The molecule has 0 bridgehead atoms. The summed E-state index contributed by atoms with van der Waals surface area (Å²) >= 11 is 1.66. The Morgan fingerprint density at radius 3 is 2.35 bits per heavy atom. The zero-order valence-corrected chi connectivity index (χ0v) is 16.5. The molecule has 146 valence electrons. The Labute approximate surface area is 164 Å². The van der Waals surface area contributed by atoms with Gasteiger partial charge in [0, 0.05) is 24.5 Å². The molecule has 9 heteroatoms. The van der Waals surface area contributed by atoms with Gasteiger partial charge in [-0.25, -0.2) is 0 Å². The molecule has 1 fully saturated rings. The molecule has 1 aliphatic rings. The molecule has 26 heavy (non-hydrogen) atoms. The number of carbonyl (C=O) groups excluding carboxylic acids is 2. The van der Waals surface area contributed by atoms with Gasteiger partial charge < -0.3 is 21.1 Å². The second-order valence-electron chi connectivity index (χ2n) is 5.89. The molecular formula is C17H27ClN4O3S. The Morgan fingerprint density at radius 1 is 1.19 bits per heavy atom. The molecule has 1 heterocycles. The third kappa shape index (κ3) is 7.92. The van der Waals surface area contributed by atoms with Crippen LogP contribution in [-0.4, -0.2) is 67.6 Å². The van der Waals surface area contributed by atoms with Gasteiger partial charge in [0.15, 0.2) is 0 Å². The summed E-state index contributed by atoms with van der Waals surface area (Å²) in [5, 5.41) is 5.65. The summed E-state index contributed by atoms with van der Waals surface area (Å²) in [6.07, 6.45) is 2.62. The van der Waals surface area contributed by atoms with Crippen LogP contribution in [0.1, 0.15) is 6.42 Å². The molecule has 7 nitrogen and oxygen atoms in total. The third-order valence-electron chi connectivity index (χ3n) is 3.88. The normalized spacial score (nSPS) is 15.6. The molecule has 0 saturated carbocycles. The third-order valence-corrected chi connectivity index (χ3v) is 4.52. The number of nitrogens with zero attached hydrogens (tertiary/aromatic N) is 1. The van der Waals surface area contributed by atoms with Crippen molar-refractivity contribution in [1.29, 1.82) is 0 Å². The average Bonchev–Trinajstić information content (AvgIpc) is 2.62. The number of thioether (sulfide) groups is 1. The lowest BCUT2D eigenvalue weighted by atomic mass is 10.2. The SMILES string of the molecule is CSCCC(N)C(=O)Nc1ccc(NC(=O)CN2CCOCC2)cc1.Cl. The molecule has 1 saturated heterocycles. The molecule has 0 spiro atoms. The minimum atomic E-state index is -0.514. The zero-order valence-electron chi connectivity index (χ0n) is 14.9. The van der Waals surface area contributed by atoms with Crippen LogP contribution in [0.5, 0.6) is 0 Å². The van der Waals surface area contributed by atoms with Crippen molar-refractivity contribution >= 4 is 47.4 Å². The quantitative estimate of drug-likeness (QED) is 0.608. The van der Waals surface area contributed by atoms with Crippen LogP contribution in [-0.2, 0) is 14.3 Å². The zero-order chi connectivity index (χ0) is 18.1. The molecule has 1 aromatic rings. The molecule has 2 amide bonds. The van der Waals surface area contributed by atoms with E-state index in [4.69, 9.17) is 10.5 Å². The van der Waals surface area contributed by atoms with Gasteiger partial charge in [0.05, 0.1) is 25.8 Å². The number of morpholine rings is 1. The maximum atomic E-state index is 12.1. The van der Waals surface area contributed by atoms with Crippen LogP contribution in [0.25, 0.3) is 0 Å². The lowest BCUT2D eigenvalue weighted by molar-refractivity contribution is -0.118. The number of nitrogens with one attached hydrogen (secondary N) is 2. The van der Waals surface area contributed by atoms with Crippen LogP contribution < -0.4 is 16.4 Å². The van der Waals surface area contributed by atoms with Gasteiger partial charge in [-0.15, -0.1) is 12.4 Å². The van der Waals surface area contributed by atoms with Crippen LogP contribution in [0.2, 0.25) is 0 Å². The Hall–Kier alpha value is -1.32. The minimum Gasteiger partial charge on any atom is -0.379 e. The van der Waals surface area contributed by atoms with E-state index in [1.807, 2.05) is 6.26 Å². The molecule has 1 unspecified atom stereocenters. The molecular weight excluding hydrogens is 376 g/mol. The van der Waals surface area contributed by atoms with Gasteiger partial charge in [-0.3, -0.25) is 14.5 Å². The van der Waals surface area contributed by atoms with Crippen LogP contribution in [0.3, 0.4) is 0 Å². The fourth-order valence-corrected chi connectivity index (χ4v) is 2.90. The average molecular weight is 403 g/mol. The highest BCUT2D eigenvalue weighted by Crippen LogP contribution is 2.14. The summed E-state index contributed by atoms with van der Waals surface area (Å²) in [6, 6.07) is 6.52. The summed E-state index contributed by atoms with van der Waals surface area (Å²) in [5.74, 6) is 0.596. The Morgan fingerprint density at radius 2 is 1.77 bits per heavy atom. The number of hydrogen-bond acceptors (Lipinski definition) is 6. The second-order valence-corrected chi connectivity index (χ2v) is 6.88. The molecule has 4 N–H and O–H groups in total. The Kier molecular flexibility index (Phi) is 10.6. The molecule has 1 aliphatic heterocycles. The monoisotopic (exact) mass is 402 g/mol. The maximum absolute atomic E-state index is 12.1. The first-order valence-corrected chi connectivity index (χ1v) is 9.73. The van der Waals surface area contributed by atoms with Gasteiger partial charge in [-0.2, -0.15) is 11.8 Å². The lowest BCUT2D eigenvalue weighted by Crippen LogP contribution is -2.41. The molecule has 0 radical (unpaired) electrons.